The molecule has 0 aliphatic rings. The van der Waals surface area contributed by atoms with Gasteiger partial charge >= 0.3 is 0 Å². The third-order valence-electron chi connectivity index (χ3n) is 8.05. The minimum atomic E-state index is -1.62. The standard InChI is InChI=1S/C31H23N5Si/c1-37(2,3)22-16-27-29-28(17-22)35-26-15-21-11-7-5-9-19(21)13-24(26)33-31(35)36(29)30-32-23-12-18-8-4-6-10-20(18)14-25(23)34(27)30/h4-17H,1-3H3. The number of nitrogens with zero attached hydrogens (tertiary/aromatic N) is 5. The Morgan fingerprint density at radius 1 is 0.514 bits per heavy atom. The van der Waals surface area contributed by atoms with Crippen LogP contribution in [-0.2, 0) is 0 Å². The molecule has 0 spiro atoms. The largest absolute Gasteiger partial charge is 0.276 e. The van der Waals surface area contributed by atoms with Gasteiger partial charge in [-0.2, -0.15) is 0 Å². The van der Waals surface area contributed by atoms with Crippen LogP contribution in [0.1, 0.15) is 0 Å². The molecular weight excluding hydrogens is 470 g/mol. The number of imidazole rings is 4. The number of fused-ring (bicyclic) bond motifs is 12. The van der Waals surface area contributed by atoms with Crippen molar-refractivity contribution in [2.75, 3.05) is 0 Å². The monoisotopic (exact) mass is 493 g/mol. The SMILES string of the molecule is C[Si](C)(C)c1cc2c3c(c1)n1c4cc5ccccc5cc4nc1n3c1nc3cc4ccccc4cc3n21. The molecule has 0 bridgehead atoms. The Hall–Kier alpha value is -4.42. The zero-order chi connectivity index (χ0) is 24.6. The van der Waals surface area contributed by atoms with Crippen LogP contribution in [0.5, 0.6) is 0 Å². The lowest BCUT2D eigenvalue weighted by atomic mass is 10.1. The average molecular weight is 494 g/mol. The topological polar surface area (TPSA) is 39.0 Å². The molecule has 176 valence electrons. The van der Waals surface area contributed by atoms with E-state index in [2.05, 4.69) is 118 Å². The van der Waals surface area contributed by atoms with Crippen LogP contribution in [0, 0.1) is 0 Å². The molecule has 9 aromatic rings. The van der Waals surface area contributed by atoms with Gasteiger partial charge in [-0.15, -0.1) is 0 Å². The van der Waals surface area contributed by atoms with Crippen LogP contribution in [0.2, 0.25) is 19.6 Å². The first-order chi connectivity index (χ1) is 18.0. The van der Waals surface area contributed by atoms with E-state index >= 15 is 0 Å². The Balaban J connectivity index is 1.56. The highest BCUT2D eigenvalue weighted by molar-refractivity contribution is 6.89. The fraction of sp³-hybridized carbons (Fsp3) is 0.0968. The number of hydrogen-bond acceptors (Lipinski definition) is 2. The molecule has 0 fully saturated rings. The van der Waals surface area contributed by atoms with Gasteiger partial charge in [0.05, 0.1) is 41.2 Å². The Bertz CT molecular complexity index is 2240. The molecule has 9 rings (SSSR count). The number of aromatic nitrogens is 5. The Labute approximate surface area is 212 Å². The molecule has 5 nitrogen and oxygen atoms in total. The normalized spacial score (nSPS) is 13.3. The summed E-state index contributed by atoms with van der Waals surface area (Å²) in [4.78, 5) is 10.4. The molecule has 4 heterocycles. The lowest BCUT2D eigenvalue weighted by Crippen LogP contribution is -2.37. The van der Waals surface area contributed by atoms with Crippen LogP contribution in [-0.4, -0.2) is 31.2 Å². The summed E-state index contributed by atoms with van der Waals surface area (Å²) in [7, 11) is -1.62. The molecular formula is C31H23N5Si. The summed E-state index contributed by atoms with van der Waals surface area (Å²) in [6, 6.07) is 30.9. The van der Waals surface area contributed by atoms with Gasteiger partial charge in [0.2, 0.25) is 11.6 Å². The summed E-state index contributed by atoms with van der Waals surface area (Å²) in [5.74, 6) is 1.85. The molecule has 0 aliphatic heterocycles. The fourth-order valence-corrected chi connectivity index (χ4v) is 7.31. The van der Waals surface area contributed by atoms with Crippen LogP contribution in [0.15, 0.2) is 84.9 Å². The molecule has 0 saturated carbocycles. The van der Waals surface area contributed by atoms with E-state index in [0.29, 0.717) is 0 Å². The number of rotatable bonds is 1. The van der Waals surface area contributed by atoms with E-state index < -0.39 is 8.07 Å². The van der Waals surface area contributed by atoms with Crippen molar-refractivity contribution in [3.63, 3.8) is 0 Å². The second kappa shape index (κ2) is 6.28. The van der Waals surface area contributed by atoms with Crippen molar-refractivity contribution < 1.29 is 0 Å². The third-order valence-corrected chi connectivity index (χ3v) is 10.1. The molecule has 0 saturated heterocycles. The fourth-order valence-electron chi connectivity index (χ4n) is 6.17. The van der Waals surface area contributed by atoms with Crippen molar-refractivity contribution in [2.24, 2.45) is 0 Å². The van der Waals surface area contributed by atoms with Gasteiger partial charge in [-0.25, -0.2) is 14.4 Å². The van der Waals surface area contributed by atoms with Crippen LogP contribution in [0.25, 0.3) is 71.7 Å². The summed E-state index contributed by atoms with van der Waals surface area (Å²) < 4.78 is 6.97. The van der Waals surface area contributed by atoms with Gasteiger partial charge < -0.3 is 0 Å². The second-order valence-corrected chi connectivity index (χ2v) is 16.4. The van der Waals surface area contributed by atoms with E-state index in [1.54, 1.807) is 0 Å². The molecule has 0 amide bonds. The van der Waals surface area contributed by atoms with E-state index in [4.69, 9.17) is 9.97 Å². The van der Waals surface area contributed by atoms with Crippen LogP contribution in [0.3, 0.4) is 0 Å². The first-order valence-corrected chi connectivity index (χ1v) is 16.3. The smallest absolute Gasteiger partial charge is 0.223 e. The summed E-state index contributed by atoms with van der Waals surface area (Å²) in [6.45, 7) is 7.26. The van der Waals surface area contributed by atoms with Crippen molar-refractivity contribution in [1.82, 2.24) is 23.2 Å². The molecule has 0 unspecified atom stereocenters. The molecule has 5 aromatic carbocycles. The summed E-state index contributed by atoms with van der Waals surface area (Å²) >= 11 is 0. The highest BCUT2D eigenvalue weighted by Crippen LogP contribution is 2.36. The van der Waals surface area contributed by atoms with E-state index in [9.17, 15) is 0 Å². The quantitative estimate of drug-likeness (QED) is 0.231. The average Bonchev–Trinajstić information content (AvgIpc) is 3.59. The maximum Gasteiger partial charge on any atom is 0.223 e. The molecule has 37 heavy (non-hydrogen) atoms. The predicted molar refractivity (Wildman–Crippen MR) is 157 cm³/mol. The lowest BCUT2D eigenvalue weighted by molar-refractivity contribution is 1.15. The van der Waals surface area contributed by atoms with Gasteiger partial charge in [-0.3, -0.25) is 8.80 Å². The Kier molecular flexibility index (Phi) is 3.35. The van der Waals surface area contributed by atoms with E-state index in [1.807, 2.05) is 0 Å². The van der Waals surface area contributed by atoms with Gasteiger partial charge in [0, 0.05) is 0 Å². The maximum absolute atomic E-state index is 5.21. The van der Waals surface area contributed by atoms with Crippen molar-refractivity contribution in [3.05, 3.63) is 84.9 Å². The van der Waals surface area contributed by atoms with E-state index in [-0.39, 0.29) is 0 Å². The van der Waals surface area contributed by atoms with Gasteiger partial charge in [0.25, 0.3) is 0 Å². The van der Waals surface area contributed by atoms with Crippen molar-refractivity contribution >= 4 is 85.0 Å². The molecule has 4 aromatic heterocycles. The highest BCUT2D eigenvalue weighted by atomic mass is 28.3. The maximum atomic E-state index is 5.21. The van der Waals surface area contributed by atoms with Crippen molar-refractivity contribution in [3.8, 4) is 0 Å². The lowest BCUT2D eigenvalue weighted by Gasteiger charge is -2.17. The minimum absolute atomic E-state index is 0.924. The zero-order valence-corrected chi connectivity index (χ0v) is 21.8. The first-order valence-electron chi connectivity index (χ1n) is 12.8. The number of hydrogen-bond donors (Lipinski definition) is 0. The molecule has 0 radical (unpaired) electrons. The zero-order valence-electron chi connectivity index (χ0n) is 20.8. The first kappa shape index (κ1) is 19.7. The van der Waals surface area contributed by atoms with Gasteiger partial charge in [0.1, 0.15) is 5.52 Å². The summed E-state index contributed by atoms with van der Waals surface area (Å²) in [6.07, 6.45) is 0. The van der Waals surface area contributed by atoms with Crippen molar-refractivity contribution in [2.45, 2.75) is 19.6 Å². The summed E-state index contributed by atoms with van der Waals surface area (Å²) in [5, 5.41) is 6.32. The van der Waals surface area contributed by atoms with Gasteiger partial charge in [0.15, 0.2) is 0 Å². The van der Waals surface area contributed by atoms with E-state index in [1.165, 1.54) is 43.3 Å². The second-order valence-electron chi connectivity index (χ2n) is 11.3. The van der Waals surface area contributed by atoms with E-state index in [0.717, 1.165) is 33.6 Å². The minimum Gasteiger partial charge on any atom is -0.276 e. The highest BCUT2D eigenvalue weighted by Gasteiger charge is 2.27. The third kappa shape index (κ3) is 2.39. The van der Waals surface area contributed by atoms with Gasteiger partial charge in [-0.1, -0.05) is 73.4 Å². The predicted octanol–water partition coefficient (Wildman–Crippen LogP) is 6.98. The number of benzene rings is 5. The van der Waals surface area contributed by atoms with Crippen LogP contribution in [0.4, 0.5) is 0 Å². The molecule has 0 N–H and O–H groups in total. The summed E-state index contributed by atoms with van der Waals surface area (Å²) in [5.41, 5.74) is 7.93. The van der Waals surface area contributed by atoms with Crippen molar-refractivity contribution in [1.29, 1.82) is 0 Å². The van der Waals surface area contributed by atoms with Crippen LogP contribution < -0.4 is 5.19 Å². The Morgan fingerprint density at radius 3 is 1.38 bits per heavy atom. The Morgan fingerprint density at radius 2 is 0.946 bits per heavy atom. The molecule has 6 heteroatoms. The molecule has 0 aliphatic carbocycles. The van der Waals surface area contributed by atoms with Crippen LogP contribution >= 0.6 is 0 Å². The molecule has 0 atom stereocenters. The van der Waals surface area contributed by atoms with Gasteiger partial charge in [-0.05, 0) is 57.9 Å².